The van der Waals surface area contributed by atoms with Gasteiger partial charge in [0, 0.05) is 12.7 Å². The number of aromatic nitrogens is 1. The molecular formula is C22H23N3O2. The molecule has 5 heteroatoms. The second-order valence-corrected chi connectivity index (χ2v) is 6.60. The van der Waals surface area contributed by atoms with E-state index >= 15 is 0 Å². The van der Waals surface area contributed by atoms with Gasteiger partial charge in [0.15, 0.2) is 5.75 Å². The monoisotopic (exact) mass is 361 g/mol. The molecule has 3 rings (SSSR count). The van der Waals surface area contributed by atoms with Crippen molar-refractivity contribution in [3.63, 3.8) is 0 Å². The first-order valence-electron chi connectivity index (χ1n) is 8.94. The van der Waals surface area contributed by atoms with Crippen LogP contribution in [0.15, 0.2) is 73.1 Å². The number of hydrogen-bond acceptors (Lipinski definition) is 4. The van der Waals surface area contributed by atoms with Crippen molar-refractivity contribution in [2.45, 2.75) is 13.8 Å². The van der Waals surface area contributed by atoms with Crippen molar-refractivity contribution in [3.8, 4) is 11.5 Å². The number of carbonyl (C=O) groups excluding carboxylic acids is 1. The third-order valence-corrected chi connectivity index (χ3v) is 3.81. The summed E-state index contributed by atoms with van der Waals surface area (Å²) in [7, 11) is 0. The Kier molecular flexibility index (Phi) is 6.05. The molecule has 0 atom stereocenters. The summed E-state index contributed by atoms with van der Waals surface area (Å²) in [6.45, 7) is 4.74. The summed E-state index contributed by atoms with van der Waals surface area (Å²) in [4.78, 5) is 16.4. The minimum atomic E-state index is -0.131. The summed E-state index contributed by atoms with van der Waals surface area (Å²) in [5.74, 6) is 1.71. The highest BCUT2D eigenvalue weighted by molar-refractivity contribution is 5.94. The molecule has 0 saturated carbocycles. The van der Waals surface area contributed by atoms with E-state index in [1.807, 2.05) is 54.6 Å². The molecule has 0 unspecified atom stereocenters. The van der Waals surface area contributed by atoms with Gasteiger partial charge in [-0.3, -0.25) is 9.78 Å². The number of ether oxygens (including phenoxy) is 1. The summed E-state index contributed by atoms with van der Waals surface area (Å²) in [5, 5.41) is 6.19. The van der Waals surface area contributed by atoms with E-state index in [2.05, 4.69) is 29.5 Å². The predicted octanol–water partition coefficient (Wildman–Crippen LogP) is 5.00. The average Bonchev–Trinajstić information content (AvgIpc) is 2.68. The minimum absolute atomic E-state index is 0.131. The van der Waals surface area contributed by atoms with Gasteiger partial charge in [0.2, 0.25) is 0 Å². The van der Waals surface area contributed by atoms with Crippen LogP contribution in [0.5, 0.6) is 11.5 Å². The molecule has 1 aromatic heterocycles. The summed E-state index contributed by atoms with van der Waals surface area (Å²) in [5.41, 5.74) is 2.03. The molecule has 0 spiro atoms. The molecule has 0 aliphatic rings. The molecule has 0 bridgehead atoms. The van der Waals surface area contributed by atoms with Crippen LogP contribution in [0.25, 0.3) is 0 Å². The van der Waals surface area contributed by atoms with Crippen LogP contribution in [0.1, 0.15) is 24.2 Å². The Hall–Kier alpha value is -3.34. The molecular weight excluding hydrogens is 338 g/mol. The molecule has 2 N–H and O–H groups in total. The van der Waals surface area contributed by atoms with Crippen molar-refractivity contribution in [2.24, 2.45) is 5.92 Å². The Balaban J connectivity index is 1.76. The summed E-state index contributed by atoms with van der Waals surface area (Å²) < 4.78 is 5.96. The first-order chi connectivity index (χ1) is 13.1. The van der Waals surface area contributed by atoms with Crippen LogP contribution in [0, 0.1) is 5.92 Å². The number of carbonyl (C=O) groups is 1. The second kappa shape index (κ2) is 8.85. The summed E-state index contributed by atoms with van der Waals surface area (Å²) in [6, 6.07) is 19.0. The fourth-order valence-corrected chi connectivity index (χ4v) is 2.46. The number of para-hydroxylation sites is 3. The molecule has 1 heterocycles. The summed E-state index contributed by atoms with van der Waals surface area (Å²) >= 11 is 0. The van der Waals surface area contributed by atoms with Gasteiger partial charge in [-0.25, -0.2) is 0 Å². The van der Waals surface area contributed by atoms with E-state index in [9.17, 15) is 4.79 Å². The lowest BCUT2D eigenvalue weighted by molar-refractivity contribution is 0.0948. The highest BCUT2D eigenvalue weighted by atomic mass is 16.5. The zero-order valence-electron chi connectivity index (χ0n) is 15.5. The van der Waals surface area contributed by atoms with Crippen molar-refractivity contribution >= 4 is 17.3 Å². The molecule has 3 aromatic rings. The minimum Gasteiger partial charge on any atom is -0.455 e. The van der Waals surface area contributed by atoms with Crippen molar-refractivity contribution in [3.05, 3.63) is 78.6 Å². The summed E-state index contributed by atoms with van der Waals surface area (Å²) in [6.07, 6.45) is 3.24. The Morgan fingerprint density at radius 1 is 1.04 bits per heavy atom. The number of benzene rings is 2. The number of nitrogens with one attached hydrogen (secondary N) is 2. The Labute approximate surface area is 159 Å². The Morgan fingerprint density at radius 2 is 1.78 bits per heavy atom. The largest absolute Gasteiger partial charge is 0.455 e. The van der Waals surface area contributed by atoms with E-state index in [4.69, 9.17) is 4.74 Å². The van der Waals surface area contributed by atoms with Gasteiger partial charge < -0.3 is 15.4 Å². The molecule has 27 heavy (non-hydrogen) atoms. The molecule has 5 nitrogen and oxygen atoms in total. The van der Waals surface area contributed by atoms with Crippen LogP contribution in [-0.2, 0) is 0 Å². The molecule has 0 radical (unpaired) electrons. The van der Waals surface area contributed by atoms with Crippen LogP contribution >= 0.6 is 0 Å². The maximum atomic E-state index is 12.3. The SMILES string of the molecule is CC(C)CNC(=O)c1cncc(Nc2ccccc2Oc2ccccc2)c1. The molecule has 138 valence electrons. The molecule has 0 fully saturated rings. The maximum absolute atomic E-state index is 12.3. The Bertz CT molecular complexity index is 895. The molecule has 0 aliphatic carbocycles. The van der Waals surface area contributed by atoms with E-state index in [1.54, 1.807) is 18.5 Å². The van der Waals surface area contributed by atoms with E-state index in [-0.39, 0.29) is 5.91 Å². The van der Waals surface area contributed by atoms with E-state index in [0.29, 0.717) is 23.8 Å². The second-order valence-electron chi connectivity index (χ2n) is 6.60. The molecule has 0 aliphatic heterocycles. The van der Waals surface area contributed by atoms with Crippen LogP contribution in [0.2, 0.25) is 0 Å². The lowest BCUT2D eigenvalue weighted by Crippen LogP contribution is -2.27. The van der Waals surface area contributed by atoms with E-state index in [1.165, 1.54) is 0 Å². The number of hydrogen-bond donors (Lipinski definition) is 2. The van der Waals surface area contributed by atoms with E-state index in [0.717, 1.165) is 17.1 Å². The zero-order chi connectivity index (χ0) is 19.1. The number of anilines is 2. The van der Waals surface area contributed by atoms with Crippen molar-refractivity contribution in [2.75, 3.05) is 11.9 Å². The van der Waals surface area contributed by atoms with Crippen LogP contribution in [-0.4, -0.2) is 17.4 Å². The fourth-order valence-electron chi connectivity index (χ4n) is 2.46. The van der Waals surface area contributed by atoms with Crippen molar-refractivity contribution in [1.82, 2.24) is 10.3 Å². The number of nitrogens with zero attached hydrogens (tertiary/aromatic N) is 1. The van der Waals surface area contributed by atoms with Crippen LogP contribution in [0.4, 0.5) is 11.4 Å². The molecule has 0 saturated heterocycles. The Morgan fingerprint density at radius 3 is 2.56 bits per heavy atom. The van der Waals surface area contributed by atoms with Gasteiger partial charge >= 0.3 is 0 Å². The maximum Gasteiger partial charge on any atom is 0.252 e. The quantitative estimate of drug-likeness (QED) is 0.621. The third-order valence-electron chi connectivity index (χ3n) is 3.81. The van der Waals surface area contributed by atoms with Gasteiger partial charge in [0.25, 0.3) is 5.91 Å². The van der Waals surface area contributed by atoms with Crippen molar-refractivity contribution < 1.29 is 9.53 Å². The zero-order valence-corrected chi connectivity index (χ0v) is 15.5. The van der Waals surface area contributed by atoms with Crippen molar-refractivity contribution in [1.29, 1.82) is 0 Å². The van der Waals surface area contributed by atoms with Gasteiger partial charge in [-0.1, -0.05) is 44.2 Å². The molecule has 2 aromatic carbocycles. The third kappa shape index (κ3) is 5.31. The lowest BCUT2D eigenvalue weighted by atomic mass is 10.2. The van der Waals surface area contributed by atoms with Crippen LogP contribution < -0.4 is 15.4 Å². The first kappa shape index (κ1) is 18.5. The highest BCUT2D eigenvalue weighted by Crippen LogP contribution is 2.31. The van der Waals surface area contributed by atoms with Gasteiger partial charge in [-0.15, -0.1) is 0 Å². The van der Waals surface area contributed by atoms with Gasteiger partial charge in [-0.05, 0) is 36.2 Å². The number of rotatable bonds is 7. The average molecular weight is 361 g/mol. The smallest absolute Gasteiger partial charge is 0.252 e. The highest BCUT2D eigenvalue weighted by Gasteiger charge is 2.09. The first-order valence-corrected chi connectivity index (χ1v) is 8.94. The fraction of sp³-hybridized carbons (Fsp3) is 0.182. The molecule has 1 amide bonds. The topological polar surface area (TPSA) is 63.2 Å². The van der Waals surface area contributed by atoms with Gasteiger partial charge in [0.05, 0.1) is 23.1 Å². The number of amides is 1. The lowest BCUT2D eigenvalue weighted by Gasteiger charge is -2.13. The van der Waals surface area contributed by atoms with Gasteiger partial charge in [0.1, 0.15) is 5.75 Å². The van der Waals surface area contributed by atoms with Gasteiger partial charge in [-0.2, -0.15) is 0 Å². The predicted molar refractivity (Wildman–Crippen MR) is 108 cm³/mol. The normalized spacial score (nSPS) is 10.5. The van der Waals surface area contributed by atoms with Crippen LogP contribution in [0.3, 0.4) is 0 Å². The van der Waals surface area contributed by atoms with E-state index < -0.39 is 0 Å². The number of pyridine rings is 1. The standard InChI is InChI=1S/C22H23N3O2/c1-16(2)13-24-22(26)17-12-18(15-23-14-17)25-20-10-6-7-11-21(20)27-19-8-4-3-5-9-19/h3-12,14-16,25H,13H2,1-2H3,(H,24,26).